The van der Waals surface area contributed by atoms with Crippen LogP contribution in [0.25, 0.3) is 10.9 Å². The molecule has 0 aliphatic heterocycles. The standard InChI is InChI=1S/C23H25N3O4S/c1-14-9-10-15(2)19(13-14)24-21(28)16(3)31-23-25-18-8-6-5-7-17(18)22(29)26(23)12-11-20(27)30-4/h5-10,13,16H,11-12H2,1-4H3,(H,24,28). The number of amides is 1. The fourth-order valence-electron chi connectivity index (χ4n) is 3.06. The second kappa shape index (κ2) is 9.78. The zero-order chi connectivity index (χ0) is 22.5. The molecule has 1 unspecified atom stereocenters. The Morgan fingerprint density at radius 1 is 1.19 bits per heavy atom. The molecule has 162 valence electrons. The van der Waals surface area contributed by atoms with E-state index in [4.69, 9.17) is 4.74 Å². The Labute approximate surface area is 184 Å². The number of ether oxygens (including phenoxy) is 1. The van der Waals surface area contributed by atoms with E-state index in [2.05, 4.69) is 10.3 Å². The van der Waals surface area contributed by atoms with Crippen LogP contribution in [-0.2, 0) is 20.9 Å². The summed E-state index contributed by atoms with van der Waals surface area (Å²) in [5, 5.41) is 3.28. The van der Waals surface area contributed by atoms with Crippen LogP contribution in [-0.4, -0.2) is 33.8 Å². The highest BCUT2D eigenvalue weighted by atomic mass is 32.2. The lowest BCUT2D eigenvalue weighted by Gasteiger charge is -2.17. The molecule has 1 N–H and O–H groups in total. The first kappa shape index (κ1) is 22.6. The Morgan fingerprint density at radius 2 is 1.94 bits per heavy atom. The number of rotatable bonds is 7. The molecule has 7 nitrogen and oxygen atoms in total. The van der Waals surface area contributed by atoms with Crippen molar-refractivity contribution in [1.29, 1.82) is 0 Å². The summed E-state index contributed by atoms with van der Waals surface area (Å²) < 4.78 is 6.14. The first-order valence-electron chi connectivity index (χ1n) is 9.91. The Bertz CT molecular complexity index is 1190. The summed E-state index contributed by atoms with van der Waals surface area (Å²) in [7, 11) is 1.30. The van der Waals surface area contributed by atoms with Crippen molar-refractivity contribution in [2.24, 2.45) is 0 Å². The van der Waals surface area contributed by atoms with Crippen LogP contribution in [0.5, 0.6) is 0 Å². The number of esters is 1. The van der Waals surface area contributed by atoms with Gasteiger partial charge < -0.3 is 10.1 Å². The van der Waals surface area contributed by atoms with Gasteiger partial charge in [-0.15, -0.1) is 0 Å². The van der Waals surface area contributed by atoms with E-state index in [-0.39, 0.29) is 24.4 Å². The number of aryl methyl sites for hydroxylation is 2. The van der Waals surface area contributed by atoms with Gasteiger partial charge in [0.05, 0.1) is 29.7 Å². The molecule has 0 fully saturated rings. The number of nitrogens with one attached hydrogen (secondary N) is 1. The van der Waals surface area contributed by atoms with Crippen LogP contribution in [0, 0.1) is 13.8 Å². The van der Waals surface area contributed by atoms with Crippen LogP contribution in [0.15, 0.2) is 52.4 Å². The lowest BCUT2D eigenvalue weighted by Crippen LogP contribution is -2.28. The summed E-state index contributed by atoms with van der Waals surface area (Å²) in [5.74, 6) is -0.614. The number of benzene rings is 2. The normalized spacial score (nSPS) is 11.9. The van der Waals surface area contributed by atoms with E-state index in [1.54, 1.807) is 31.2 Å². The molecule has 0 spiro atoms. The summed E-state index contributed by atoms with van der Waals surface area (Å²) in [6.07, 6.45) is 0.0348. The highest BCUT2D eigenvalue weighted by Gasteiger charge is 2.20. The smallest absolute Gasteiger partial charge is 0.307 e. The highest BCUT2D eigenvalue weighted by Crippen LogP contribution is 2.25. The molecule has 0 aliphatic carbocycles. The molecule has 1 atom stereocenters. The Balaban J connectivity index is 1.89. The fraction of sp³-hybridized carbons (Fsp3) is 0.304. The minimum atomic E-state index is -0.516. The van der Waals surface area contributed by atoms with Gasteiger partial charge in [0.15, 0.2) is 5.16 Å². The maximum absolute atomic E-state index is 13.0. The monoisotopic (exact) mass is 439 g/mol. The van der Waals surface area contributed by atoms with Crippen molar-refractivity contribution in [2.75, 3.05) is 12.4 Å². The van der Waals surface area contributed by atoms with Crippen LogP contribution in [0.2, 0.25) is 0 Å². The molecule has 2 aromatic carbocycles. The zero-order valence-corrected chi connectivity index (χ0v) is 18.8. The van der Waals surface area contributed by atoms with Gasteiger partial charge in [-0.2, -0.15) is 0 Å². The van der Waals surface area contributed by atoms with Gasteiger partial charge in [-0.3, -0.25) is 19.0 Å². The predicted molar refractivity (Wildman–Crippen MR) is 123 cm³/mol. The van der Waals surface area contributed by atoms with E-state index in [9.17, 15) is 14.4 Å². The topological polar surface area (TPSA) is 90.3 Å². The van der Waals surface area contributed by atoms with Gasteiger partial charge in [-0.25, -0.2) is 4.98 Å². The minimum Gasteiger partial charge on any atom is -0.469 e. The van der Waals surface area contributed by atoms with E-state index in [0.717, 1.165) is 16.8 Å². The molecule has 0 saturated heterocycles. The summed E-state index contributed by atoms with van der Waals surface area (Å²) in [5.41, 5.74) is 3.07. The maximum Gasteiger partial charge on any atom is 0.307 e. The number of methoxy groups -OCH3 is 1. The average molecular weight is 440 g/mol. The number of carbonyl (C=O) groups is 2. The maximum atomic E-state index is 13.0. The molecular weight excluding hydrogens is 414 g/mol. The number of aromatic nitrogens is 2. The van der Waals surface area contributed by atoms with Gasteiger partial charge in [-0.1, -0.05) is 36.0 Å². The summed E-state index contributed by atoms with van der Waals surface area (Å²) in [6.45, 7) is 5.78. The molecule has 3 aromatic rings. The van der Waals surface area contributed by atoms with Gasteiger partial charge in [0.25, 0.3) is 5.56 Å². The number of hydrogen-bond acceptors (Lipinski definition) is 6. The molecule has 31 heavy (non-hydrogen) atoms. The second-order valence-corrected chi connectivity index (χ2v) is 8.57. The largest absolute Gasteiger partial charge is 0.469 e. The van der Waals surface area contributed by atoms with Gasteiger partial charge in [0.1, 0.15) is 0 Å². The molecule has 8 heteroatoms. The molecule has 1 heterocycles. The number of nitrogens with zero attached hydrogens (tertiary/aromatic N) is 2. The van der Waals surface area contributed by atoms with Crippen LogP contribution in [0.3, 0.4) is 0 Å². The van der Waals surface area contributed by atoms with Crippen LogP contribution < -0.4 is 10.9 Å². The van der Waals surface area contributed by atoms with E-state index in [1.807, 2.05) is 32.0 Å². The number of fused-ring (bicyclic) bond motifs is 1. The molecule has 1 aromatic heterocycles. The third kappa shape index (κ3) is 5.32. The lowest BCUT2D eigenvalue weighted by molar-refractivity contribution is -0.140. The summed E-state index contributed by atoms with van der Waals surface area (Å²) in [6, 6.07) is 12.9. The minimum absolute atomic E-state index is 0.0348. The van der Waals surface area contributed by atoms with Crippen LogP contribution >= 0.6 is 11.8 Å². The third-order valence-corrected chi connectivity index (χ3v) is 5.99. The average Bonchev–Trinajstić information content (AvgIpc) is 2.75. The quantitative estimate of drug-likeness (QED) is 0.343. The van der Waals surface area contributed by atoms with Crippen molar-refractivity contribution >= 4 is 40.2 Å². The first-order valence-corrected chi connectivity index (χ1v) is 10.8. The van der Waals surface area contributed by atoms with Crippen molar-refractivity contribution in [2.45, 2.75) is 44.1 Å². The number of thioether (sulfide) groups is 1. The Hall–Kier alpha value is -3.13. The zero-order valence-electron chi connectivity index (χ0n) is 18.0. The summed E-state index contributed by atoms with van der Waals surface area (Å²) in [4.78, 5) is 42.1. The Morgan fingerprint density at radius 3 is 2.68 bits per heavy atom. The molecular formula is C23H25N3O4S. The SMILES string of the molecule is COC(=O)CCn1c(SC(C)C(=O)Nc2cc(C)ccc2C)nc2ccccc2c1=O. The lowest BCUT2D eigenvalue weighted by atomic mass is 10.1. The molecule has 0 radical (unpaired) electrons. The number of para-hydroxylation sites is 1. The van der Waals surface area contributed by atoms with E-state index >= 15 is 0 Å². The molecule has 0 bridgehead atoms. The molecule has 1 amide bonds. The van der Waals surface area contributed by atoms with Crippen LogP contribution in [0.1, 0.15) is 24.5 Å². The van der Waals surface area contributed by atoms with E-state index < -0.39 is 11.2 Å². The van der Waals surface area contributed by atoms with Gasteiger partial charge in [0, 0.05) is 12.2 Å². The van der Waals surface area contributed by atoms with Crippen molar-refractivity contribution in [3.8, 4) is 0 Å². The third-order valence-electron chi connectivity index (χ3n) is 4.90. The van der Waals surface area contributed by atoms with E-state index in [1.165, 1.54) is 23.4 Å². The number of carbonyl (C=O) groups excluding carboxylic acids is 2. The second-order valence-electron chi connectivity index (χ2n) is 7.26. The van der Waals surface area contributed by atoms with Crippen molar-refractivity contribution in [1.82, 2.24) is 9.55 Å². The van der Waals surface area contributed by atoms with Crippen LogP contribution in [0.4, 0.5) is 5.69 Å². The van der Waals surface area contributed by atoms with Gasteiger partial charge in [0.2, 0.25) is 5.91 Å². The van der Waals surface area contributed by atoms with Crippen molar-refractivity contribution in [3.63, 3.8) is 0 Å². The van der Waals surface area contributed by atoms with Gasteiger partial charge >= 0.3 is 5.97 Å². The predicted octanol–water partition coefficient (Wildman–Crippen LogP) is 3.70. The number of anilines is 1. The molecule has 0 aliphatic rings. The van der Waals surface area contributed by atoms with Gasteiger partial charge in [-0.05, 0) is 50.1 Å². The number of hydrogen-bond donors (Lipinski definition) is 1. The molecule has 3 rings (SSSR count). The molecule has 0 saturated carbocycles. The first-order chi connectivity index (χ1) is 14.8. The van der Waals surface area contributed by atoms with E-state index in [0.29, 0.717) is 16.1 Å². The Kier molecular flexibility index (Phi) is 7.12. The fourth-order valence-corrected chi connectivity index (χ4v) is 3.99. The highest BCUT2D eigenvalue weighted by molar-refractivity contribution is 8.00. The van der Waals surface area contributed by atoms with Crippen molar-refractivity contribution in [3.05, 3.63) is 63.9 Å². The summed E-state index contributed by atoms with van der Waals surface area (Å²) >= 11 is 1.18. The van der Waals surface area contributed by atoms with Crippen molar-refractivity contribution < 1.29 is 14.3 Å².